The van der Waals surface area contributed by atoms with Crippen LogP contribution in [0.25, 0.3) is 0 Å². The minimum absolute atomic E-state index is 0.0362. The summed E-state index contributed by atoms with van der Waals surface area (Å²) < 4.78 is 26.1. The highest BCUT2D eigenvalue weighted by molar-refractivity contribution is 6.04. The second-order valence-electron chi connectivity index (χ2n) is 3.46. The maximum absolute atomic E-state index is 13.3. The fraction of sp³-hybridized carbons (Fsp3) is 0. The third kappa shape index (κ3) is 2.42. The molecule has 1 aromatic carbocycles. The predicted molar refractivity (Wildman–Crippen MR) is 60.2 cm³/mol. The molecule has 0 bridgehead atoms. The van der Waals surface area contributed by atoms with Gasteiger partial charge in [-0.3, -0.25) is 4.79 Å². The lowest BCUT2D eigenvalue weighted by atomic mass is 10.2. The van der Waals surface area contributed by atoms with Gasteiger partial charge < -0.3 is 10.4 Å². The Hall–Kier alpha value is -2.50. The molecule has 6 heteroatoms. The Balaban J connectivity index is 2.22. The molecule has 18 heavy (non-hydrogen) atoms. The summed E-state index contributed by atoms with van der Waals surface area (Å²) >= 11 is 0. The molecule has 0 saturated carbocycles. The van der Waals surface area contributed by atoms with Gasteiger partial charge in [-0.15, -0.1) is 0 Å². The van der Waals surface area contributed by atoms with Gasteiger partial charge in [-0.25, -0.2) is 9.37 Å². The van der Waals surface area contributed by atoms with Crippen LogP contribution in [0.3, 0.4) is 0 Å². The molecular weight excluding hydrogens is 242 g/mol. The highest BCUT2D eigenvalue weighted by Crippen LogP contribution is 2.16. The van der Waals surface area contributed by atoms with Crippen molar-refractivity contribution in [3.8, 4) is 5.75 Å². The van der Waals surface area contributed by atoms with E-state index in [9.17, 15) is 13.6 Å². The van der Waals surface area contributed by atoms with Crippen LogP contribution in [0.4, 0.5) is 14.5 Å². The van der Waals surface area contributed by atoms with Gasteiger partial charge in [0.15, 0.2) is 5.82 Å². The second kappa shape index (κ2) is 4.79. The number of carbonyl (C=O) groups excluding carboxylic acids is 1. The molecule has 1 aromatic heterocycles. The minimum Gasteiger partial charge on any atom is -0.508 e. The van der Waals surface area contributed by atoms with Crippen molar-refractivity contribution in [1.82, 2.24) is 4.98 Å². The zero-order valence-corrected chi connectivity index (χ0v) is 9.02. The van der Waals surface area contributed by atoms with E-state index < -0.39 is 23.2 Å². The van der Waals surface area contributed by atoms with Crippen molar-refractivity contribution in [2.24, 2.45) is 0 Å². The molecule has 1 heterocycles. The van der Waals surface area contributed by atoms with Crippen molar-refractivity contribution in [3.63, 3.8) is 0 Å². The van der Waals surface area contributed by atoms with Crippen LogP contribution < -0.4 is 5.32 Å². The Bertz CT molecular complexity index is 585. The van der Waals surface area contributed by atoms with Gasteiger partial charge in [-0.05, 0) is 30.3 Å². The normalized spacial score (nSPS) is 10.1. The Morgan fingerprint density at radius 1 is 1.17 bits per heavy atom. The Kier molecular flexibility index (Phi) is 3.18. The van der Waals surface area contributed by atoms with Gasteiger partial charge in [-0.2, -0.15) is 4.39 Å². The van der Waals surface area contributed by atoms with E-state index in [1.165, 1.54) is 24.3 Å². The monoisotopic (exact) mass is 250 g/mol. The number of carbonyl (C=O) groups is 1. The molecule has 0 fully saturated rings. The number of aromatic hydroxyl groups is 1. The van der Waals surface area contributed by atoms with E-state index in [2.05, 4.69) is 10.3 Å². The number of phenolic OH excluding ortho intramolecular Hbond substituents is 1. The molecular formula is C12H8F2N2O2. The van der Waals surface area contributed by atoms with Gasteiger partial charge in [0, 0.05) is 11.9 Å². The standard InChI is InChI=1S/C12H8F2N2O2/c13-10-9(5-6-15-11(10)14)12(18)16-7-1-3-8(17)4-2-7/h1-6,17H,(H,16,18). The number of hydrogen-bond acceptors (Lipinski definition) is 3. The fourth-order valence-corrected chi connectivity index (χ4v) is 1.34. The smallest absolute Gasteiger partial charge is 0.258 e. The van der Waals surface area contributed by atoms with Crippen LogP contribution in [0.15, 0.2) is 36.5 Å². The summed E-state index contributed by atoms with van der Waals surface area (Å²) in [6.45, 7) is 0. The first-order chi connectivity index (χ1) is 8.58. The van der Waals surface area contributed by atoms with Crippen molar-refractivity contribution in [1.29, 1.82) is 0 Å². The molecule has 2 aromatic rings. The van der Waals surface area contributed by atoms with Crippen LogP contribution in [0.2, 0.25) is 0 Å². The molecule has 2 rings (SSSR count). The van der Waals surface area contributed by atoms with Crippen molar-refractivity contribution >= 4 is 11.6 Å². The summed E-state index contributed by atoms with van der Waals surface area (Å²) in [7, 11) is 0. The number of aromatic nitrogens is 1. The van der Waals surface area contributed by atoms with Crippen LogP contribution in [0, 0.1) is 11.8 Å². The van der Waals surface area contributed by atoms with Gasteiger partial charge in [0.05, 0.1) is 5.56 Å². The Labute approximate surface area is 101 Å². The predicted octanol–water partition coefficient (Wildman–Crippen LogP) is 2.32. The first kappa shape index (κ1) is 12.0. The molecule has 0 aliphatic carbocycles. The average Bonchev–Trinajstić information content (AvgIpc) is 2.35. The van der Waals surface area contributed by atoms with Crippen LogP contribution in [0.5, 0.6) is 5.75 Å². The van der Waals surface area contributed by atoms with Crippen LogP contribution >= 0.6 is 0 Å². The van der Waals surface area contributed by atoms with Crippen molar-refractivity contribution < 1.29 is 18.7 Å². The number of rotatable bonds is 2. The lowest BCUT2D eigenvalue weighted by Gasteiger charge is -2.06. The van der Waals surface area contributed by atoms with Crippen molar-refractivity contribution in [2.45, 2.75) is 0 Å². The summed E-state index contributed by atoms with van der Waals surface area (Å²) in [5, 5.41) is 11.4. The molecule has 2 N–H and O–H groups in total. The molecule has 92 valence electrons. The van der Waals surface area contributed by atoms with Crippen LogP contribution in [-0.4, -0.2) is 16.0 Å². The SMILES string of the molecule is O=C(Nc1ccc(O)cc1)c1ccnc(F)c1F. The summed E-state index contributed by atoms with van der Waals surface area (Å²) in [5.41, 5.74) is -0.0787. The summed E-state index contributed by atoms with van der Waals surface area (Å²) in [4.78, 5) is 14.7. The van der Waals surface area contributed by atoms with Crippen molar-refractivity contribution in [2.75, 3.05) is 5.32 Å². The van der Waals surface area contributed by atoms with Gasteiger partial charge in [-0.1, -0.05) is 0 Å². The zero-order chi connectivity index (χ0) is 13.1. The summed E-state index contributed by atoms with van der Waals surface area (Å²) in [6.07, 6.45) is 1.00. The number of pyridine rings is 1. The number of benzene rings is 1. The second-order valence-corrected chi connectivity index (χ2v) is 3.46. The fourth-order valence-electron chi connectivity index (χ4n) is 1.34. The number of hydrogen-bond donors (Lipinski definition) is 2. The molecule has 0 aliphatic heterocycles. The Morgan fingerprint density at radius 2 is 1.83 bits per heavy atom. The van der Waals surface area contributed by atoms with Gasteiger partial charge in [0.1, 0.15) is 5.75 Å². The van der Waals surface area contributed by atoms with E-state index in [0.717, 1.165) is 12.3 Å². The van der Waals surface area contributed by atoms with Crippen LogP contribution in [0.1, 0.15) is 10.4 Å². The number of phenols is 1. The minimum atomic E-state index is -1.33. The lowest BCUT2D eigenvalue weighted by Crippen LogP contribution is -2.14. The number of nitrogens with one attached hydrogen (secondary N) is 1. The number of halogens is 2. The topological polar surface area (TPSA) is 62.2 Å². The maximum Gasteiger partial charge on any atom is 0.258 e. The van der Waals surface area contributed by atoms with E-state index in [-0.39, 0.29) is 5.75 Å². The highest BCUT2D eigenvalue weighted by Gasteiger charge is 2.15. The molecule has 0 saturated heterocycles. The molecule has 4 nitrogen and oxygen atoms in total. The third-order valence-electron chi connectivity index (χ3n) is 2.22. The van der Waals surface area contributed by atoms with E-state index >= 15 is 0 Å². The zero-order valence-electron chi connectivity index (χ0n) is 9.02. The van der Waals surface area contributed by atoms with E-state index in [4.69, 9.17) is 5.11 Å². The molecule has 0 spiro atoms. The summed E-state index contributed by atoms with van der Waals surface area (Å²) in [5.74, 6) is -3.38. The molecule has 1 amide bonds. The van der Waals surface area contributed by atoms with Crippen LogP contribution in [-0.2, 0) is 0 Å². The number of nitrogens with zero attached hydrogens (tertiary/aromatic N) is 1. The number of amides is 1. The summed E-state index contributed by atoms with van der Waals surface area (Å²) in [6, 6.07) is 6.66. The molecule has 0 atom stereocenters. The Morgan fingerprint density at radius 3 is 2.50 bits per heavy atom. The average molecular weight is 250 g/mol. The quantitative estimate of drug-likeness (QED) is 0.635. The van der Waals surface area contributed by atoms with E-state index in [1.54, 1.807) is 0 Å². The molecule has 0 aliphatic rings. The van der Waals surface area contributed by atoms with Gasteiger partial charge in [0.2, 0.25) is 5.95 Å². The largest absolute Gasteiger partial charge is 0.508 e. The lowest BCUT2D eigenvalue weighted by molar-refractivity contribution is 0.102. The van der Waals surface area contributed by atoms with Gasteiger partial charge in [0.25, 0.3) is 5.91 Å². The van der Waals surface area contributed by atoms with E-state index in [1.807, 2.05) is 0 Å². The number of anilines is 1. The maximum atomic E-state index is 13.3. The first-order valence-corrected chi connectivity index (χ1v) is 4.98. The highest BCUT2D eigenvalue weighted by atomic mass is 19.2. The molecule has 0 radical (unpaired) electrons. The van der Waals surface area contributed by atoms with Crippen molar-refractivity contribution in [3.05, 3.63) is 53.9 Å². The molecule has 0 unspecified atom stereocenters. The first-order valence-electron chi connectivity index (χ1n) is 4.98. The van der Waals surface area contributed by atoms with E-state index in [0.29, 0.717) is 5.69 Å². The van der Waals surface area contributed by atoms with Gasteiger partial charge >= 0.3 is 0 Å². The third-order valence-corrected chi connectivity index (χ3v) is 2.22.